The van der Waals surface area contributed by atoms with E-state index in [1.54, 1.807) is 0 Å². The van der Waals surface area contributed by atoms with E-state index >= 15 is 0 Å². The van der Waals surface area contributed by atoms with Gasteiger partial charge in [-0.3, -0.25) is 4.79 Å². The maximum Gasteiger partial charge on any atom is 0.300 e. The van der Waals surface area contributed by atoms with Crippen LogP contribution >= 0.6 is 0 Å². The van der Waals surface area contributed by atoms with Gasteiger partial charge < -0.3 is 25.2 Å². The number of hydrogen-bond donors (Lipinski definition) is 3. The zero-order chi connectivity index (χ0) is 17.4. The molecule has 1 aromatic heterocycles. The molecule has 2 aromatic rings. The molecule has 0 atom stereocenters. The topological polar surface area (TPSA) is 108 Å². The number of nitrogens with one attached hydrogen (secondary N) is 1. The van der Waals surface area contributed by atoms with Crippen molar-refractivity contribution in [3.8, 4) is 5.88 Å². The fourth-order valence-corrected chi connectivity index (χ4v) is 2.29. The van der Waals surface area contributed by atoms with Crippen LogP contribution < -0.4 is 15.0 Å². The van der Waals surface area contributed by atoms with Crippen molar-refractivity contribution in [3.05, 3.63) is 24.3 Å². The van der Waals surface area contributed by atoms with Crippen molar-refractivity contribution >= 4 is 22.8 Å². The van der Waals surface area contributed by atoms with E-state index in [1.807, 2.05) is 24.3 Å². The molecule has 0 saturated carbocycles. The summed E-state index contributed by atoms with van der Waals surface area (Å²) in [7, 11) is 0. The Bertz CT molecular complexity index is 670. The number of piperazine rings is 1. The normalized spacial score (nSPS) is 14.0. The van der Waals surface area contributed by atoms with E-state index in [0.717, 1.165) is 44.0 Å². The van der Waals surface area contributed by atoms with Crippen LogP contribution in [-0.2, 0) is 4.79 Å². The average Bonchev–Trinajstić information content (AvgIpc) is 2.59. The number of aliphatic hydroxyl groups is 1. The van der Waals surface area contributed by atoms with Crippen molar-refractivity contribution in [2.24, 2.45) is 0 Å². The Balaban J connectivity index is 0.000000471. The van der Waals surface area contributed by atoms with Gasteiger partial charge in [-0.15, -0.1) is 0 Å². The molecular formula is C16H22N4O4. The lowest BCUT2D eigenvalue weighted by atomic mass is 10.2. The first-order chi connectivity index (χ1) is 11.6. The summed E-state index contributed by atoms with van der Waals surface area (Å²) >= 11 is 0. The van der Waals surface area contributed by atoms with Crippen LogP contribution in [0.4, 0.5) is 5.95 Å². The molecule has 0 aliphatic carbocycles. The minimum Gasteiger partial charge on any atom is -0.481 e. The first kappa shape index (κ1) is 17.9. The molecule has 1 fully saturated rings. The number of anilines is 1. The Morgan fingerprint density at radius 3 is 2.62 bits per heavy atom. The number of hydrogen-bond acceptors (Lipinski definition) is 7. The van der Waals surface area contributed by atoms with Crippen LogP contribution in [0, 0.1) is 0 Å². The number of carbonyl (C=O) groups is 1. The third-order valence-electron chi connectivity index (χ3n) is 3.29. The van der Waals surface area contributed by atoms with E-state index in [2.05, 4.69) is 20.2 Å². The summed E-state index contributed by atoms with van der Waals surface area (Å²) in [4.78, 5) is 20.3. The number of ether oxygens (including phenoxy) is 1. The van der Waals surface area contributed by atoms with Gasteiger partial charge in [0.05, 0.1) is 17.5 Å². The molecule has 1 aromatic carbocycles. The molecule has 0 unspecified atom stereocenters. The highest BCUT2D eigenvalue weighted by Crippen LogP contribution is 2.25. The number of aromatic nitrogens is 2. The van der Waals surface area contributed by atoms with Crippen LogP contribution in [0.15, 0.2) is 24.3 Å². The van der Waals surface area contributed by atoms with Gasteiger partial charge in [-0.2, -0.15) is 4.98 Å². The lowest BCUT2D eigenvalue weighted by Gasteiger charge is -2.27. The van der Waals surface area contributed by atoms with Crippen molar-refractivity contribution in [3.63, 3.8) is 0 Å². The molecule has 24 heavy (non-hydrogen) atoms. The van der Waals surface area contributed by atoms with Gasteiger partial charge in [0, 0.05) is 33.1 Å². The smallest absolute Gasteiger partial charge is 0.300 e. The third kappa shape index (κ3) is 5.04. The second-order valence-corrected chi connectivity index (χ2v) is 5.17. The fourth-order valence-electron chi connectivity index (χ4n) is 2.29. The van der Waals surface area contributed by atoms with Gasteiger partial charge in [-0.05, 0) is 12.1 Å². The van der Waals surface area contributed by atoms with Gasteiger partial charge in [-0.25, -0.2) is 4.98 Å². The summed E-state index contributed by atoms with van der Waals surface area (Å²) in [6.07, 6.45) is 0. The molecule has 8 nitrogen and oxygen atoms in total. The number of carboxylic acids is 1. The van der Waals surface area contributed by atoms with Crippen LogP contribution in [-0.4, -0.2) is 65.5 Å². The van der Waals surface area contributed by atoms with Crippen molar-refractivity contribution in [2.45, 2.75) is 6.92 Å². The Morgan fingerprint density at radius 1 is 1.29 bits per heavy atom. The molecule has 0 amide bonds. The van der Waals surface area contributed by atoms with Crippen molar-refractivity contribution < 1.29 is 19.7 Å². The average molecular weight is 334 g/mol. The number of aliphatic carboxylic acids is 1. The molecule has 130 valence electrons. The first-order valence-corrected chi connectivity index (χ1v) is 7.77. The van der Waals surface area contributed by atoms with E-state index in [4.69, 9.17) is 19.7 Å². The second kappa shape index (κ2) is 8.99. The second-order valence-electron chi connectivity index (χ2n) is 5.17. The summed E-state index contributed by atoms with van der Waals surface area (Å²) < 4.78 is 5.56. The molecule has 0 spiro atoms. The van der Waals surface area contributed by atoms with E-state index < -0.39 is 5.97 Å². The molecule has 3 N–H and O–H groups in total. The van der Waals surface area contributed by atoms with E-state index in [-0.39, 0.29) is 13.2 Å². The largest absolute Gasteiger partial charge is 0.481 e. The summed E-state index contributed by atoms with van der Waals surface area (Å²) in [5.41, 5.74) is 0.865. The summed E-state index contributed by atoms with van der Waals surface area (Å²) in [6, 6.07) is 7.77. The number of para-hydroxylation sites is 1. The lowest BCUT2D eigenvalue weighted by Crippen LogP contribution is -2.44. The van der Waals surface area contributed by atoms with Crippen LogP contribution in [0.25, 0.3) is 10.9 Å². The summed E-state index contributed by atoms with van der Waals surface area (Å²) in [5, 5.41) is 20.5. The number of rotatable bonds is 4. The molecule has 1 aliphatic rings. The zero-order valence-electron chi connectivity index (χ0n) is 13.6. The molecule has 0 bridgehead atoms. The van der Waals surface area contributed by atoms with Gasteiger partial charge in [-0.1, -0.05) is 12.1 Å². The monoisotopic (exact) mass is 334 g/mol. The van der Waals surface area contributed by atoms with Crippen molar-refractivity contribution in [2.75, 3.05) is 44.3 Å². The minimum atomic E-state index is -0.833. The van der Waals surface area contributed by atoms with Crippen LogP contribution in [0.5, 0.6) is 5.88 Å². The standard InChI is InChI=1S/C14H18N4O2.C2H4O2/c19-9-10-20-13-11-3-1-2-4-12(11)16-14(17-13)18-7-5-15-6-8-18;1-2(3)4/h1-4,15,19H,5-10H2;1H3,(H,3,4). The van der Waals surface area contributed by atoms with Crippen LogP contribution in [0.3, 0.4) is 0 Å². The first-order valence-electron chi connectivity index (χ1n) is 7.77. The van der Waals surface area contributed by atoms with Gasteiger partial charge in [0.1, 0.15) is 6.61 Å². The molecule has 0 radical (unpaired) electrons. The molecule has 8 heteroatoms. The van der Waals surface area contributed by atoms with Gasteiger partial charge in [0.2, 0.25) is 11.8 Å². The highest BCUT2D eigenvalue weighted by Gasteiger charge is 2.16. The number of carboxylic acid groups (broad SMARTS) is 1. The quantitative estimate of drug-likeness (QED) is 0.742. The van der Waals surface area contributed by atoms with Crippen LogP contribution in [0.2, 0.25) is 0 Å². The number of fused-ring (bicyclic) bond motifs is 1. The van der Waals surface area contributed by atoms with Gasteiger partial charge in [0.15, 0.2) is 0 Å². The predicted molar refractivity (Wildman–Crippen MR) is 90.5 cm³/mol. The predicted octanol–water partition coefficient (Wildman–Crippen LogP) is 0.501. The number of nitrogens with zero attached hydrogens (tertiary/aromatic N) is 3. The molecule has 2 heterocycles. The van der Waals surface area contributed by atoms with Gasteiger partial charge >= 0.3 is 0 Å². The summed E-state index contributed by atoms with van der Waals surface area (Å²) in [6.45, 7) is 4.94. The molecule has 1 saturated heterocycles. The van der Waals surface area contributed by atoms with Gasteiger partial charge in [0.25, 0.3) is 5.97 Å². The Hall–Kier alpha value is -2.45. The highest BCUT2D eigenvalue weighted by atomic mass is 16.5. The van der Waals surface area contributed by atoms with E-state index in [1.165, 1.54) is 0 Å². The maximum atomic E-state index is 9.00. The van der Waals surface area contributed by atoms with E-state index in [9.17, 15) is 0 Å². The number of aliphatic hydroxyl groups excluding tert-OH is 1. The number of benzene rings is 1. The highest BCUT2D eigenvalue weighted by molar-refractivity contribution is 5.84. The van der Waals surface area contributed by atoms with Crippen LogP contribution in [0.1, 0.15) is 6.92 Å². The molecule has 1 aliphatic heterocycles. The lowest BCUT2D eigenvalue weighted by molar-refractivity contribution is -0.134. The Morgan fingerprint density at radius 2 is 1.96 bits per heavy atom. The Kier molecular flexibility index (Phi) is 6.71. The maximum absolute atomic E-state index is 9.00. The third-order valence-corrected chi connectivity index (χ3v) is 3.29. The SMILES string of the molecule is CC(=O)O.OCCOc1nc(N2CCNCC2)nc2ccccc12. The Labute approximate surface area is 140 Å². The zero-order valence-corrected chi connectivity index (χ0v) is 13.6. The summed E-state index contributed by atoms with van der Waals surface area (Å²) in [5.74, 6) is 0.399. The molecular weight excluding hydrogens is 312 g/mol. The fraction of sp³-hybridized carbons (Fsp3) is 0.438. The van der Waals surface area contributed by atoms with Crippen molar-refractivity contribution in [1.82, 2.24) is 15.3 Å². The molecule has 3 rings (SSSR count). The minimum absolute atomic E-state index is 0.0265. The van der Waals surface area contributed by atoms with E-state index in [0.29, 0.717) is 11.8 Å². The van der Waals surface area contributed by atoms with Crippen molar-refractivity contribution in [1.29, 1.82) is 0 Å².